The third-order valence-electron chi connectivity index (χ3n) is 2.43. The molecular formula is C12H9NSi. The maximum atomic E-state index is 4.63. The summed E-state index contributed by atoms with van der Waals surface area (Å²) in [4.78, 5) is 7.45. The molecule has 14 heavy (non-hydrogen) atoms. The molecule has 0 fully saturated rings. The molecule has 1 heterocycles. The van der Waals surface area contributed by atoms with Crippen molar-refractivity contribution in [2.45, 2.75) is 0 Å². The van der Waals surface area contributed by atoms with Gasteiger partial charge in [0.15, 0.2) is 0 Å². The first-order valence-electron chi connectivity index (χ1n) is 4.68. The van der Waals surface area contributed by atoms with E-state index in [4.69, 9.17) is 0 Å². The number of nitrogens with zero attached hydrogens (tertiary/aromatic N) is 1. The van der Waals surface area contributed by atoms with Gasteiger partial charge in [-0.3, -0.25) is 0 Å². The quantitative estimate of drug-likeness (QED) is 0.396. The smallest absolute Gasteiger partial charge is 0.0662 e. The van der Waals surface area contributed by atoms with Crippen molar-refractivity contribution in [3.8, 4) is 0 Å². The van der Waals surface area contributed by atoms with Crippen molar-refractivity contribution in [1.82, 2.24) is 4.98 Å². The van der Waals surface area contributed by atoms with Gasteiger partial charge >= 0.3 is 0 Å². The van der Waals surface area contributed by atoms with E-state index in [1.807, 2.05) is 0 Å². The van der Waals surface area contributed by atoms with E-state index in [1.165, 1.54) is 9.99 Å². The molecular weight excluding hydrogens is 186 g/mol. The van der Waals surface area contributed by atoms with Crippen LogP contribution in [0.15, 0.2) is 48.5 Å². The average molecular weight is 195 g/mol. The Morgan fingerprint density at radius 2 is 1.21 bits per heavy atom. The number of benzene rings is 2. The van der Waals surface area contributed by atoms with Crippen molar-refractivity contribution in [3.63, 3.8) is 0 Å². The highest BCUT2D eigenvalue weighted by atomic mass is 28.2. The number of fused-ring (bicyclic) bond motifs is 2. The van der Waals surface area contributed by atoms with Crippen molar-refractivity contribution < 1.29 is 0 Å². The van der Waals surface area contributed by atoms with Crippen LogP contribution in [0.5, 0.6) is 0 Å². The Kier molecular flexibility index (Phi) is 1.67. The number of aromatic nitrogens is 1. The van der Waals surface area contributed by atoms with Crippen LogP contribution >= 0.6 is 0 Å². The maximum Gasteiger partial charge on any atom is 0.0662 e. The number of rotatable bonds is 0. The summed E-state index contributed by atoms with van der Waals surface area (Å²) in [5, 5.41) is 0. The summed E-state index contributed by atoms with van der Waals surface area (Å²) in [6.07, 6.45) is 0. The van der Waals surface area contributed by atoms with Crippen LogP contribution in [0, 0.1) is 0 Å². The Labute approximate surface area is 84.2 Å². The Hall–Kier alpha value is -1.54. The van der Waals surface area contributed by atoms with Gasteiger partial charge in [-0.15, -0.1) is 0 Å². The fourth-order valence-corrected chi connectivity index (χ4v) is 3.09. The highest BCUT2D eigenvalue weighted by Crippen LogP contribution is 2.14. The first-order valence-corrected chi connectivity index (χ1v) is 5.83. The van der Waals surface area contributed by atoms with Gasteiger partial charge < -0.3 is 0 Å². The van der Waals surface area contributed by atoms with Crippen molar-refractivity contribution in [2.75, 3.05) is 0 Å². The Morgan fingerprint density at radius 3 is 1.79 bits per heavy atom. The van der Waals surface area contributed by atoms with Crippen LogP contribution in [0.3, 0.4) is 0 Å². The molecule has 0 aliphatic carbocycles. The molecule has 3 aromatic rings. The van der Waals surface area contributed by atoms with Gasteiger partial charge in [-0.05, 0) is 22.1 Å². The number of hydrogen-bond donors (Lipinski definition) is 0. The Bertz CT molecular complexity index is 499. The summed E-state index contributed by atoms with van der Waals surface area (Å²) in [5.74, 6) is 0. The molecule has 0 N–H and O–H groups in total. The average Bonchev–Trinajstić information content (AvgIpc) is 2.26. The monoisotopic (exact) mass is 195 g/mol. The first-order chi connectivity index (χ1) is 6.93. The van der Waals surface area contributed by atoms with Crippen LogP contribution in [-0.2, 0) is 0 Å². The van der Waals surface area contributed by atoms with E-state index in [-0.39, 0.29) is 9.12 Å². The van der Waals surface area contributed by atoms with Crippen molar-refractivity contribution >= 4 is 30.1 Å². The van der Waals surface area contributed by atoms with Gasteiger partial charge in [0.05, 0.1) is 11.0 Å². The van der Waals surface area contributed by atoms with Crippen LogP contribution in [0.2, 0.25) is 0 Å². The zero-order valence-corrected chi connectivity index (χ0v) is 8.80. The molecule has 0 saturated heterocycles. The van der Waals surface area contributed by atoms with Gasteiger partial charge in [-0.1, -0.05) is 36.4 Å². The van der Waals surface area contributed by atoms with E-state index in [2.05, 4.69) is 53.5 Å². The lowest BCUT2D eigenvalue weighted by Crippen LogP contribution is -1.86. The van der Waals surface area contributed by atoms with E-state index < -0.39 is 0 Å². The van der Waals surface area contributed by atoms with Crippen LogP contribution in [0.4, 0.5) is 0 Å². The standard InChI is InChI=1S/C12H9NSi/c1-3-7-11-9(5-1)13-10-6-2-4-8-12(10)14-11/h1-8,14H. The van der Waals surface area contributed by atoms with Crippen LogP contribution in [-0.4, -0.2) is 14.1 Å². The lowest BCUT2D eigenvalue weighted by Gasteiger charge is -1.99. The van der Waals surface area contributed by atoms with Crippen molar-refractivity contribution in [1.29, 1.82) is 0 Å². The molecule has 0 atom stereocenters. The lowest BCUT2D eigenvalue weighted by atomic mass is 10.3. The van der Waals surface area contributed by atoms with Gasteiger partial charge in [-0.25, -0.2) is 4.98 Å². The topological polar surface area (TPSA) is 12.9 Å². The fraction of sp³-hybridized carbons (Fsp3) is 0. The molecule has 0 spiro atoms. The van der Waals surface area contributed by atoms with Gasteiger partial charge in [-0.2, -0.15) is 0 Å². The van der Waals surface area contributed by atoms with E-state index in [0.29, 0.717) is 0 Å². The third kappa shape index (κ3) is 1.15. The van der Waals surface area contributed by atoms with E-state index >= 15 is 0 Å². The molecule has 0 unspecified atom stereocenters. The maximum absolute atomic E-state index is 4.63. The van der Waals surface area contributed by atoms with Gasteiger partial charge in [0.1, 0.15) is 0 Å². The van der Waals surface area contributed by atoms with E-state index in [0.717, 1.165) is 11.0 Å². The van der Waals surface area contributed by atoms with Gasteiger partial charge in [0.2, 0.25) is 0 Å². The molecule has 1 aromatic heterocycles. The minimum Gasteiger partial charge on any atom is -0.249 e. The lowest BCUT2D eigenvalue weighted by molar-refractivity contribution is 1.52. The second-order valence-corrected chi connectivity index (χ2v) is 4.91. The second kappa shape index (κ2) is 2.99. The first kappa shape index (κ1) is 7.82. The van der Waals surface area contributed by atoms with Crippen molar-refractivity contribution in [2.24, 2.45) is 0 Å². The molecule has 0 amide bonds. The molecule has 0 aliphatic heterocycles. The highest BCUT2D eigenvalue weighted by Gasteiger charge is 1.96. The number of hydrogen-bond acceptors (Lipinski definition) is 1. The molecule has 66 valence electrons. The molecule has 1 nitrogen and oxygen atoms in total. The Balaban J connectivity index is 2.52. The minimum atomic E-state index is 0.231. The summed E-state index contributed by atoms with van der Waals surface area (Å²) >= 11 is 0. The van der Waals surface area contributed by atoms with Crippen LogP contribution in [0.25, 0.3) is 21.0 Å². The summed E-state index contributed by atoms with van der Waals surface area (Å²) in [6.45, 7) is 0. The van der Waals surface area contributed by atoms with Gasteiger partial charge in [0, 0.05) is 9.12 Å². The second-order valence-electron chi connectivity index (χ2n) is 3.37. The fourth-order valence-electron chi connectivity index (χ4n) is 1.72. The molecule has 3 rings (SSSR count). The SMILES string of the molecule is c1ccc2[siH]c3ccccc3nc2c1. The minimum absolute atomic E-state index is 0.231. The van der Waals surface area contributed by atoms with Crippen LogP contribution < -0.4 is 0 Å². The summed E-state index contributed by atoms with van der Waals surface area (Å²) in [6, 6.07) is 16.8. The molecule has 0 bridgehead atoms. The molecule has 0 aliphatic rings. The van der Waals surface area contributed by atoms with E-state index in [9.17, 15) is 0 Å². The van der Waals surface area contributed by atoms with Crippen LogP contribution in [0.1, 0.15) is 0 Å². The molecule has 2 heteroatoms. The summed E-state index contributed by atoms with van der Waals surface area (Å²) < 4.78 is 0. The largest absolute Gasteiger partial charge is 0.249 e. The zero-order chi connectivity index (χ0) is 9.38. The number of para-hydroxylation sites is 2. The molecule has 0 radical (unpaired) electrons. The van der Waals surface area contributed by atoms with Gasteiger partial charge in [0.25, 0.3) is 0 Å². The predicted octanol–water partition coefficient (Wildman–Crippen LogP) is 2.46. The van der Waals surface area contributed by atoms with E-state index in [1.54, 1.807) is 0 Å². The van der Waals surface area contributed by atoms with Crippen molar-refractivity contribution in [3.05, 3.63) is 48.5 Å². The molecule has 2 aromatic carbocycles. The summed E-state index contributed by atoms with van der Waals surface area (Å²) in [5.41, 5.74) is 2.31. The predicted molar refractivity (Wildman–Crippen MR) is 62.0 cm³/mol. The zero-order valence-electron chi connectivity index (χ0n) is 7.64. The summed E-state index contributed by atoms with van der Waals surface area (Å²) in [7, 11) is 0.231. The normalized spacial score (nSPS) is 10.9. The Morgan fingerprint density at radius 1 is 0.714 bits per heavy atom. The highest BCUT2D eigenvalue weighted by molar-refractivity contribution is 6.58. The third-order valence-corrected chi connectivity index (χ3v) is 4.02. The molecule has 0 saturated carbocycles.